The molecular formula is C7H5Cl2NO. The van der Waals surface area contributed by atoms with Gasteiger partial charge < -0.3 is 0 Å². The first-order valence-electron chi connectivity index (χ1n) is 2.94. The standard InChI is InChI=1S/C7H5Cl2NO/c8-6-2-1-5(4-11-10)7(9)3-6/h1-3H,4H2. The zero-order chi connectivity index (χ0) is 8.27. The van der Waals surface area contributed by atoms with Gasteiger partial charge in [0.1, 0.15) is 0 Å². The molecule has 0 saturated heterocycles. The summed E-state index contributed by atoms with van der Waals surface area (Å²) in [6.45, 7) is 0.0794. The number of hydrogen-bond donors (Lipinski definition) is 0. The minimum absolute atomic E-state index is 0.0794. The van der Waals surface area contributed by atoms with Gasteiger partial charge in [0.05, 0.1) is 6.61 Å². The Bertz CT molecular complexity index is 252. The van der Waals surface area contributed by atoms with E-state index in [4.69, 9.17) is 29.1 Å². The van der Waals surface area contributed by atoms with Gasteiger partial charge >= 0.3 is 0 Å². The van der Waals surface area contributed by atoms with Gasteiger partial charge in [-0.25, -0.2) is 0 Å². The molecule has 0 N–H and O–H groups in total. The lowest BCUT2D eigenvalue weighted by Crippen LogP contribution is -1.89. The Balaban J connectivity index is 2.90. The first kappa shape index (κ1) is 8.81. The second-order valence-electron chi connectivity index (χ2n) is 2.01. The van der Waals surface area contributed by atoms with Gasteiger partial charge in [0, 0.05) is 15.9 Å². The van der Waals surface area contributed by atoms with Crippen molar-refractivity contribution in [3.8, 4) is 0 Å². The molecule has 0 bridgehead atoms. The maximum absolute atomic E-state index is 8.12. The summed E-state index contributed by atoms with van der Waals surface area (Å²) in [7, 11) is 0. The maximum atomic E-state index is 8.12. The Morgan fingerprint density at radius 3 is 2.64 bits per heavy atom. The van der Waals surface area contributed by atoms with E-state index in [1.165, 1.54) is 0 Å². The molecule has 1 rings (SSSR count). The predicted octanol–water partition coefficient (Wildman–Crippen LogP) is 2.49. The average molecular weight is 190 g/mol. The van der Waals surface area contributed by atoms with Crippen molar-refractivity contribution < 1.29 is 4.84 Å². The van der Waals surface area contributed by atoms with Gasteiger partial charge in [-0.3, -0.25) is 4.84 Å². The van der Waals surface area contributed by atoms with Crippen LogP contribution in [0.15, 0.2) is 18.2 Å². The number of halogens is 2. The largest absolute Gasteiger partial charge is 0.259 e. The summed E-state index contributed by atoms with van der Waals surface area (Å²) < 4.78 is 0. The van der Waals surface area contributed by atoms with E-state index in [2.05, 4.69) is 4.84 Å². The van der Waals surface area contributed by atoms with E-state index in [-0.39, 0.29) is 6.61 Å². The van der Waals surface area contributed by atoms with Crippen LogP contribution in [-0.2, 0) is 11.4 Å². The van der Waals surface area contributed by atoms with Gasteiger partial charge in [0.15, 0.2) is 0 Å². The predicted molar refractivity (Wildman–Crippen MR) is 43.4 cm³/mol. The third kappa shape index (κ3) is 2.34. The summed E-state index contributed by atoms with van der Waals surface area (Å²) in [5.41, 5.74) is 0.707. The summed E-state index contributed by atoms with van der Waals surface area (Å²) in [5.74, 6) is 8.12. The van der Waals surface area contributed by atoms with E-state index in [1.54, 1.807) is 18.2 Å². The van der Waals surface area contributed by atoms with Gasteiger partial charge in [-0.15, -0.1) is 0 Å². The molecule has 58 valence electrons. The van der Waals surface area contributed by atoms with Crippen molar-refractivity contribution in [3.05, 3.63) is 33.8 Å². The van der Waals surface area contributed by atoms with E-state index in [0.29, 0.717) is 15.6 Å². The topological polar surface area (TPSA) is 31.5 Å². The van der Waals surface area contributed by atoms with Crippen molar-refractivity contribution >= 4 is 23.2 Å². The number of rotatable bonds is 2. The van der Waals surface area contributed by atoms with Crippen LogP contribution in [0.2, 0.25) is 10.0 Å². The fourth-order valence-corrected chi connectivity index (χ4v) is 1.17. The average Bonchev–Trinajstić information content (AvgIpc) is 1.95. The molecule has 2 nitrogen and oxygen atoms in total. The Labute approximate surface area is 74.8 Å². The van der Waals surface area contributed by atoms with Gasteiger partial charge in [-0.05, 0) is 17.7 Å². The zero-order valence-corrected chi connectivity index (χ0v) is 7.06. The molecule has 0 unspecified atom stereocenters. The minimum Gasteiger partial charge on any atom is -0.259 e. The fourth-order valence-electron chi connectivity index (χ4n) is 0.708. The summed E-state index contributed by atoms with van der Waals surface area (Å²) in [6.07, 6.45) is 0. The third-order valence-corrected chi connectivity index (χ3v) is 1.82. The molecule has 0 aliphatic heterocycles. The molecule has 4 heteroatoms. The van der Waals surface area contributed by atoms with Crippen molar-refractivity contribution in [1.29, 1.82) is 0 Å². The molecule has 0 spiro atoms. The Morgan fingerprint density at radius 1 is 1.36 bits per heavy atom. The van der Waals surface area contributed by atoms with Crippen molar-refractivity contribution in [2.75, 3.05) is 0 Å². The van der Waals surface area contributed by atoms with Crippen molar-refractivity contribution in [1.82, 2.24) is 5.90 Å². The maximum Gasteiger partial charge on any atom is 0.0985 e. The van der Waals surface area contributed by atoms with E-state index < -0.39 is 0 Å². The molecule has 1 aromatic rings. The van der Waals surface area contributed by atoms with E-state index in [9.17, 15) is 0 Å². The molecule has 1 aromatic carbocycles. The highest BCUT2D eigenvalue weighted by atomic mass is 35.5. The zero-order valence-electron chi connectivity index (χ0n) is 5.55. The van der Waals surface area contributed by atoms with Crippen LogP contribution in [-0.4, -0.2) is 0 Å². The lowest BCUT2D eigenvalue weighted by atomic mass is 10.2. The third-order valence-electron chi connectivity index (χ3n) is 1.24. The van der Waals surface area contributed by atoms with E-state index in [0.717, 1.165) is 0 Å². The second kappa shape index (κ2) is 3.93. The van der Waals surface area contributed by atoms with Crippen molar-refractivity contribution in [2.24, 2.45) is 0 Å². The normalized spacial score (nSPS) is 10.1. The Kier molecular flexibility index (Phi) is 3.15. The smallest absolute Gasteiger partial charge is 0.0985 e. The Morgan fingerprint density at radius 2 is 2.09 bits per heavy atom. The van der Waals surface area contributed by atoms with E-state index >= 15 is 0 Å². The summed E-state index contributed by atoms with van der Waals surface area (Å²) in [5, 5.41) is 1.06. The van der Waals surface area contributed by atoms with Crippen LogP contribution in [0.5, 0.6) is 0 Å². The van der Waals surface area contributed by atoms with Gasteiger partial charge in [0.2, 0.25) is 0 Å². The van der Waals surface area contributed by atoms with Crippen molar-refractivity contribution in [3.63, 3.8) is 0 Å². The molecule has 0 fully saturated rings. The SMILES string of the molecule is [N]OCc1ccc(Cl)cc1Cl. The van der Waals surface area contributed by atoms with Crippen molar-refractivity contribution in [2.45, 2.75) is 6.61 Å². The Hall–Kier alpha value is -0.280. The quantitative estimate of drug-likeness (QED) is 0.659. The van der Waals surface area contributed by atoms with Crippen LogP contribution >= 0.6 is 23.2 Å². The molecular weight excluding hydrogens is 185 g/mol. The molecule has 2 radical (unpaired) electrons. The summed E-state index contributed by atoms with van der Waals surface area (Å²) >= 11 is 11.4. The van der Waals surface area contributed by atoms with E-state index in [1.807, 2.05) is 0 Å². The van der Waals surface area contributed by atoms with Crippen LogP contribution in [0, 0.1) is 0 Å². The molecule has 11 heavy (non-hydrogen) atoms. The van der Waals surface area contributed by atoms with Gasteiger partial charge in [-0.1, -0.05) is 29.3 Å². The molecule has 0 heterocycles. The van der Waals surface area contributed by atoms with Crippen LogP contribution in [0.25, 0.3) is 0 Å². The van der Waals surface area contributed by atoms with Crippen LogP contribution in [0.3, 0.4) is 0 Å². The highest BCUT2D eigenvalue weighted by molar-refractivity contribution is 6.35. The second-order valence-corrected chi connectivity index (χ2v) is 2.85. The van der Waals surface area contributed by atoms with Gasteiger partial charge in [-0.2, -0.15) is 0 Å². The lowest BCUT2D eigenvalue weighted by Gasteiger charge is -2.00. The van der Waals surface area contributed by atoms with Crippen LogP contribution in [0.1, 0.15) is 5.56 Å². The monoisotopic (exact) mass is 189 g/mol. The highest BCUT2D eigenvalue weighted by Gasteiger charge is 1.99. The molecule has 0 aliphatic carbocycles. The molecule has 0 atom stereocenters. The molecule has 0 saturated carbocycles. The summed E-state index contributed by atoms with van der Waals surface area (Å²) in [6, 6.07) is 4.97. The number of hydrogen-bond acceptors (Lipinski definition) is 1. The minimum atomic E-state index is 0.0794. The number of nitrogens with zero attached hydrogens (tertiary/aromatic N) is 1. The molecule has 0 aromatic heterocycles. The highest BCUT2D eigenvalue weighted by Crippen LogP contribution is 2.20. The van der Waals surface area contributed by atoms with Crippen LogP contribution < -0.4 is 5.90 Å². The first-order valence-corrected chi connectivity index (χ1v) is 3.70. The summed E-state index contributed by atoms with van der Waals surface area (Å²) in [4.78, 5) is 3.92. The lowest BCUT2D eigenvalue weighted by molar-refractivity contribution is 0.104. The first-order chi connectivity index (χ1) is 5.24. The number of benzene rings is 1. The van der Waals surface area contributed by atoms with Gasteiger partial charge in [0.25, 0.3) is 0 Å². The fraction of sp³-hybridized carbons (Fsp3) is 0.143. The molecule has 0 amide bonds. The van der Waals surface area contributed by atoms with Crippen LogP contribution in [0.4, 0.5) is 0 Å². The molecule has 0 aliphatic rings.